The van der Waals surface area contributed by atoms with Crippen LogP contribution < -0.4 is 14.8 Å². The van der Waals surface area contributed by atoms with Crippen molar-refractivity contribution in [1.82, 2.24) is 10.0 Å². The van der Waals surface area contributed by atoms with E-state index in [9.17, 15) is 13.2 Å². The van der Waals surface area contributed by atoms with Crippen molar-refractivity contribution in [3.63, 3.8) is 0 Å². The van der Waals surface area contributed by atoms with Crippen LogP contribution in [0.1, 0.15) is 38.8 Å². The zero-order chi connectivity index (χ0) is 20.7. The average molecular weight is 425 g/mol. The smallest absolute Gasteiger partial charge is 0.258 e. The normalized spacial score (nSPS) is 13.6. The predicted molar refractivity (Wildman–Crippen MR) is 110 cm³/mol. The largest absolute Gasteiger partial charge is 0.484 e. The van der Waals surface area contributed by atoms with Crippen LogP contribution in [0.15, 0.2) is 53.4 Å². The molecule has 2 N–H and O–H groups in total. The Hall–Kier alpha value is -2.09. The highest BCUT2D eigenvalue weighted by atomic mass is 35.5. The Bertz CT molecular complexity index is 883. The van der Waals surface area contributed by atoms with Crippen molar-refractivity contribution < 1.29 is 17.9 Å². The van der Waals surface area contributed by atoms with Crippen LogP contribution in [0.5, 0.6) is 5.75 Å². The number of rotatable bonds is 9. The third-order valence-corrected chi connectivity index (χ3v) is 6.08. The SMILES string of the molecule is CC[C@@H](C)NS(=O)(=O)c1ccc(OCC(=O)N[C@@H](C)c2ccc(Cl)cc2)cc1. The minimum atomic E-state index is -3.56. The molecule has 8 heteroatoms. The molecule has 2 aromatic rings. The van der Waals surface area contributed by atoms with Gasteiger partial charge in [0, 0.05) is 11.1 Å². The molecule has 0 saturated carbocycles. The fourth-order valence-corrected chi connectivity index (χ4v) is 3.85. The van der Waals surface area contributed by atoms with Gasteiger partial charge >= 0.3 is 0 Å². The van der Waals surface area contributed by atoms with Crippen molar-refractivity contribution in [2.45, 2.75) is 44.2 Å². The maximum absolute atomic E-state index is 12.2. The first-order valence-electron chi connectivity index (χ1n) is 9.01. The molecule has 2 aromatic carbocycles. The lowest BCUT2D eigenvalue weighted by Crippen LogP contribution is -2.32. The van der Waals surface area contributed by atoms with Crippen LogP contribution in [0.4, 0.5) is 0 Å². The van der Waals surface area contributed by atoms with E-state index in [-0.39, 0.29) is 29.5 Å². The van der Waals surface area contributed by atoms with Gasteiger partial charge in [0.15, 0.2) is 6.61 Å². The first-order valence-corrected chi connectivity index (χ1v) is 10.9. The van der Waals surface area contributed by atoms with Crippen LogP contribution in [0, 0.1) is 0 Å². The van der Waals surface area contributed by atoms with Gasteiger partial charge in [-0.2, -0.15) is 0 Å². The fourth-order valence-electron chi connectivity index (χ4n) is 2.40. The van der Waals surface area contributed by atoms with E-state index in [0.29, 0.717) is 17.2 Å². The number of hydrogen-bond acceptors (Lipinski definition) is 4. The Labute approximate surface area is 171 Å². The maximum atomic E-state index is 12.2. The molecule has 2 atom stereocenters. The van der Waals surface area contributed by atoms with E-state index >= 15 is 0 Å². The Kier molecular flexibility index (Phi) is 7.86. The predicted octanol–water partition coefficient (Wildman–Crippen LogP) is 3.67. The minimum absolute atomic E-state index is 0.146. The van der Waals surface area contributed by atoms with Crippen molar-refractivity contribution in [2.24, 2.45) is 0 Å². The van der Waals surface area contributed by atoms with E-state index in [0.717, 1.165) is 5.56 Å². The second-order valence-electron chi connectivity index (χ2n) is 6.53. The van der Waals surface area contributed by atoms with Gasteiger partial charge in [-0.05, 0) is 62.2 Å². The van der Waals surface area contributed by atoms with Gasteiger partial charge in [0.05, 0.1) is 10.9 Å². The third-order valence-electron chi connectivity index (χ3n) is 4.22. The first-order chi connectivity index (χ1) is 13.2. The number of halogens is 1. The third kappa shape index (κ3) is 6.51. The summed E-state index contributed by atoms with van der Waals surface area (Å²) in [5, 5.41) is 3.47. The lowest BCUT2D eigenvalue weighted by atomic mass is 10.1. The Morgan fingerprint density at radius 2 is 1.68 bits per heavy atom. The standard InChI is InChI=1S/C20H25ClN2O4S/c1-4-14(2)23-28(25,26)19-11-9-18(10-12-19)27-13-20(24)22-15(3)16-5-7-17(21)8-6-16/h5-12,14-15,23H,4,13H2,1-3H3,(H,22,24)/t14-,15+/m1/s1. The van der Waals surface area contributed by atoms with Crippen molar-refractivity contribution in [2.75, 3.05) is 6.61 Å². The quantitative estimate of drug-likeness (QED) is 0.643. The van der Waals surface area contributed by atoms with E-state index in [2.05, 4.69) is 10.0 Å². The van der Waals surface area contributed by atoms with Crippen molar-refractivity contribution in [3.05, 3.63) is 59.1 Å². The fraction of sp³-hybridized carbons (Fsp3) is 0.350. The Morgan fingerprint density at radius 3 is 2.25 bits per heavy atom. The van der Waals surface area contributed by atoms with E-state index in [1.165, 1.54) is 24.3 Å². The number of sulfonamides is 1. The van der Waals surface area contributed by atoms with Crippen LogP contribution in [-0.2, 0) is 14.8 Å². The summed E-state index contributed by atoms with van der Waals surface area (Å²) < 4.78 is 32.5. The van der Waals surface area contributed by atoms with Gasteiger partial charge in [-0.3, -0.25) is 4.79 Å². The zero-order valence-electron chi connectivity index (χ0n) is 16.1. The number of carbonyl (C=O) groups is 1. The summed E-state index contributed by atoms with van der Waals surface area (Å²) in [6.07, 6.45) is 0.698. The Balaban J connectivity index is 1.88. The summed E-state index contributed by atoms with van der Waals surface area (Å²) in [5.41, 5.74) is 0.932. The molecule has 0 heterocycles. The van der Waals surface area contributed by atoms with Gasteiger partial charge < -0.3 is 10.1 Å². The highest BCUT2D eigenvalue weighted by molar-refractivity contribution is 7.89. The number of carbonyl (C=O) groups excluding carboxylic acids is 1. The zero-order valence-corrected chi connectivity index (χ0v) is 17.7. The molecular formula is C20H25ClN2O4S. The van der Waals surface area contributed by atoms with Crippen LogP contribution in [0.25, 0.3) is 0 Å². The second kappa shape index (κ2) is 9.91. The van der Waals surface area contributed by atoms with Crippen molar-refractivity contribution in [1.29, 1.82) is 0 Å². The van der Waals surface area contributed by atoms with Gasteiger partial charge in [-0.25, -0.2) is 13.1 Å². The number of ether oxygens (including phenoxy) is 1. The lowest BCUT2D eigenvalue weighted by molar-refractivity contribution is -0.123. The molecule has 152 valence electrons. The molecule has 28 heavy (non-hydrogen) atoms. The summed E-state index contributed by atoms with van der Waals surface area (Å²) in [7, 11) is -3.56. The highest BCUT2D eigenvalue weighted by Crippen LogP contribution is 2.18. The highest BCUT2D eigenvalue weighted by Gasteiger charge is 2.16. The molecular weight excluding hydrogens is 400 g/mol. The van der Waals surface area contributed by atoms with Crippen LogP contribution >= 0.6 is 11.6 Å². The maximum Gasteiger partial charge on any atom is 0.258 e. The molecule has 0 saturated heterocycles. The molecule has 0 unspecified atom stereocenters. The number of nitrogens with one attached hydrogen (secondary N) is 2. The lowest BCUT2D eigenvalue weighted by Gasteiger charge is -2.15. The van der Waals surface area contributed by atoms with E-state index in [4.69, 9.17) is 16.3 Å². The molecule has 0 radical (unpaired) electrons. The van der Waals surface area contributed by atoms with Crippen molar-refractivity contribution >= 4 is 27.5 Å². The summed E-state index contributed by atoms with van der Waals surface area (Å²) in [5.74, 6) is 0.134. The van der Waals surface area contributed by atoms with Crippen LogP contribution in [0.3, 0.4) is 0 Å². The summed E-state index contributed by atoms with van der Waals surface area (Å²) in [6, 6.07) is 12.9. The molecule has 2 rings (SSSR count). The van der Waals surface area contributed by atoms with Gasteiger partial charge in [-0.15, -0.1) is 0 Å². The van der Waals surface area contributed by atoms with E-state index < -0.39 is 10.0 Å². The molecule has 0 aliphatic rings. The van der Waals surface area contributed by atoms with Crippen molar-refractivity contribution in [3.8, 4) is 5.75 Å². The molecule has 0 aliphatic carbocycles. The summed E-state index contributed by atoms with van der Waals surface area (Å²) in [4.78, 5) is 12.2. The summed E-state index contributed by atoms with van der Waals surface area (Å²) in [6.45, 7) is 5.40. The van der Waals surface area contributed by atoms with Crippen LogP contribution in [-0.4, -0.2) is 27.0 Å². The van der Waals surface area contributed by atoms with E-state index in [1.54, 1.807) is 19.1 Å². The molecule has 0 bridgehead atoms. The number of benzene rings is 2. The topological polar surface area (TPSA) is 84.5 Å². The monoisotopic (exact) mass is 424 g/mol. The first kappa shape index (κ1) is 22.2. The average Bonchev–Trinajstić information content (AvgIpc) is 2.66. The molecule has 0 fully saturated rings. The van der Waals surface area contributed by atoms with Gasteiger partial charge in [-0.1, -0.05) is 30.7 Å². The number of hydrogen-bond donors (Lipinski definition) is 2. The Morgan fingerprint density at radius 1 is 1.07 bits per heavy atom. The molecule has 1 amide bonds. The summed E-state index contributed by atoms with van der Waals surface area (Å²) >= 11 is 5.86. The van der Waals surface area contributed by atoms with Gasteiger partial charge in [0.2, 0.25) is 10.0 Å². The molecule has 6 nitrogen and oxygen atoms in total. The number of amides is 1. The van der Waals surface area contributed by atoms with Gasteiger partial charge in [0.1, 0.15) is 5.75 Å². The molecule has 0 aliphatic heterocycles. The molecule has 0 spiro atoms. The minimum Gasteiger partial charge on any atom is -0.484 e. The van der Waals surface area contributed by atoms with Gasteiger partial charge in [0.25, 0.3) is 5.91 Å². The molecule has 0 aromatic heterocycles. The van der Waals surface area contributed by atoms with E-state index in [1.807, 2.05) is 26.0 Å². The second-order valence-corrected chi connectivity index (χ2v) is 8.68. The van der Waals surface area contributed by atoms with Crippen LogP contribution in [0.2, 0.25) is 5.02 Å².